The van der Waals surface area contributed by atoms with Crippen molar-refractivity contribution in [1.82, 2.24) is 19.2 Å². The van der Waals surface area contributed by atoms with E-state index in [2.05, 4.69) is 17.9 Å². The lowest BCUT2D eigenvalue weighted by molar-refractivity contribution is 0.209. The van der Waals surface area contributed by atoms with Gasteiger partial charge in [-0.1, -0.05) is 42.3 Å². The maximum Gasteiger partial charge on any atom is 0.199 e. The summed E-state index contributed by atoms with van der Waals surface area (Å²) in [5.41, 5.74) is 0.879. The number of rotatable bonds is 6. The molecule has 0 aliphatic carbocycles. The van der Waals surface area contributed by atoms with Crippen molar-refractivity contribution in [3.63, 3.8) is 0 Å². The molecule has 2 heterocycles. The molecule has 0 aliphatic heterocycles. The van der Waals surface area contributed by atoms with Gasteiger partial charge in [0.15, 0.2) is 10.6 Å². The molecule has 8 heteroatoms. The summed E-state index contributed by atoms with van der Waals surface area (Å²) < 4.78 is 5.21. The van der Waals surface area contributed by atoms with Gasteiger partial charge in [0.05, 0.1) is 16.0 Å². The number of aromatic nitrogens is 3. The molecule has 0 N–H and O–H groups in total. The molecule has 4 nitrogen and oxygen atoms in total. The summed E-state index contributed by atoms with van der Waals surface area (Å²) in [4.78, 5) is 3.49. The summed E-state index contributed by atoms with van der Waals surface area (Å²) in [7, 11) is 1.92. The maximum absolute atomic E-state index is 6.32. The molecule has 0 spiro atoms. The second-order valence-electron chi connectivity index (χ2n) is 5.64. The summed E-state index contributed by atoms with van der Waals surface area (Å²) >= 11 is 19.5. The molecule has 132 valence electrons. The number of nitrogens with zero attached hydrogens (tertiary/aromatic N) is 4. The van der Waals surface area contributed by atoms with Crippen LogP contribution < -0.4 is 0 Å². The summed E-state index contributed by atoms with van der Waals surface area (Å²) in [6.45, 7) is 4.43. The Balaban J connectivity index is 1.86. The van der Waals surface area contributed by atoms with Crippen LogP contribution in [-0.4, -0.2) is 25.8 Å². The fourth-order valence-corrected chi connectivity index (χ4v) is 4.10. The molecule has 1 aromatic carbocycles. The van der Waals surface area contributed by atoms with Crippen molar-refractivity contribution in [2.75, 3.05) is 6.54 Å². The third kappa shape index (κ3) is 4.15. The molecule has 0 amide bonds. The van der Waals surface area contributed by atoms with Gasteiger partial charge in [-0.05, 0) is 43.0 Å². The van der Waals surface area contributed by atoms with Crippen LogP contribution in [0.3, 0.4) is 0 Å². The van der Waals surface area contributed by atoms with Crippen molar-refractivity contribution in [2.45, 2.75) is 20.1 Å². The topological polar surface area (TPSA) is 26.0 Å². The Kier molecular flexibility index (Phi) is 5.96. The van der Waals surface area contributed by atoms with Crippen LogP contribution in [0, 0.1) is 4.77 Å². The van der Waals surface area contributed by atoms with Crippen molar-refractivity contribution in [3.05, 3.63) is 55.4 Å². The van der Waals surface area contributed by atoms with Gasteiger partial charge in [0, 0.05) is 24.0 Å². The van der Waals surface area contributed by atoms with Crippen LogP contribution in [0.25, 0.3) is 11.4 Å². The van der Waals surface area contributed by atoms with Crippen LogP contribution in [-0.2, 0) is 20.3 Å². The van der Waals surface area contributed by atoms with Gasteiger partial charge in [0.2, 0.25) is 0 Å². The lowest BCUT2D eigenvalue weighted by atomic mass is 10.2. The highest BCUT2D eigenvalue weighted by molar-refractivity contribution is 7.71. The summed E-state index contributed by atoms with van der Waals surface area (Å²) in [5, 5.41) is 5.37. The number of halogens is 2. The standard InChI is InChI=1S/C17H18Cl2N4S2/c1-3-22(10-12-8-9-15(19)25-12)11-23-17(24)21(2)16(20-23)13-6-4-5-7-14(13)18/h4-9H,3,10-11H2,1-2H3. The van der Waals surface area contributed by atoms with Crippen molar-refractivity contribution in [3.8, 4) is 11.4 Å². The Morgan fingerprint density at radius 3 is 2.60 bits per heavy atom. The molecule has 0 radical (unpaired) electrons. The third-order valence-electron chi connectivity index (χ3n) is 3.95. The van der Waals surface area contributed by atoms with E-state index >= 15 is 0 Å². The monoisotopic (exact) mass is 412 g/mol. The number of hydrogen-bond acceptors (Lipinski definition) is 4. The van der Waals surface area contributed by atoms with E-state index in [0.717, 1.165) is 28.8 Å². The first-order valence-electron chi connectivity index (χ1n) is 7.85. The van der Waals surface area contributed by atoms with Crippen molar-refractivity contribution >= 4 is 46.8 Å². The largest absolute Gasteiger partial charge is 0.303 e. The molecular formula is C17H18Cl2N4S2. The number of thiophene rings is 1. The highest BCUT2D eigenvalue weighted by atomic mass is 35.5. The van der Waals surface area contributed by atoms with Gasteiger partial charge in [-0.3, -0.25) is 4.90 Å². The van der Waals surface area contributed by atoms with E-state index in [1.54, 1.807) is 11.3 Å². The predicted molar refractivity (Wildman–Crippen MR) is 108 cm³/mol. The second kappa shape index (κ2) is 8.01. The summed E-state index contributed by atoms with van der Waals surface area (Å²) in [5.74, 6) is 0.769. The van der Waals surface area contributed by atoms with Crippen molar-refractivity contribution < 1.29 is 0 Å². The first-order valence-corrected chi connectivity index (χ1v) is 9.83. The Bertz CT molecular complexity index is 929. The minimum atomic E-state index is 0.614. The van der Waals surface area contributed by atoms with Gasteiger partial charge >= 0.3 is 0 Å². The summed E-state index contributed by atoms with van der Waals surface area (Å²) in [6.07, 6.45) is 0. The van der Waals surface area contributed by atoms with Gasteiger partial charge in [-0.2, -0.15) is 5.10 Å². The highest BCUT2D eigenvalue weighted by Crippen LogP contribution is 2.26. The van der Waals surface area contributed by atoms with E-state index in [9.17, 15) is 0 Å². The number of hydrogen-bond donors (Lipinski definition) is 0. The average molecular weight is 413 g/mol. The summed E-state index contributed by atoms with van der Waals surface area (Å²) in [6, 6.07) is 11.7. The molecule has 0 saturated carbocycles. The third-order valence-corrected chi connectivity index (χ3v) is 5.98. The van der Waals surface area contributed by atoms with Crippen LogP contribution in [0.4, 0.5) is 0 Å². The number of benzene rings is 1. The van der Waals surface area contributed by atoms with E-state index < -0.39 is 0 Å². The van der Waals surface area contributed by atoms with E-state index in [1.165, 1.54) is 4.88 Å². The van der Waals surface area contributed by atoms with Gasteiger partial charge in [-0.25, -0.2) is 4.68 Å². The lowest BCUT2D eigenvalue weighted by Gasteiger charge is -2.19. The van der Waals surface area contributed by atoms with Gasteiger partial charge in [-0.15, -0.1) is 11.3 Å². The zero-order valence-corrected chi connectivity index (χ0v) is 17.1. The molecule has 0 atom stereocenters. The van der Waals surface area contributed by atoms with Gasteiger partial charge < -0.3 is 4.57 Å². The fourth-order valence-electron chi connectivity index (χ4n) is 2.57. The van der Waals surface area contributed by atoms with E-state index in [0.29, 0.717) is 16.5 Å². The molecule has 0 aliphatic rings. The molecule has 3 aromatic rings. The fraction of sp³-hybridized carbons (Fsp3) is 0.294. The van der Waals surface area contributed by atoms with E-state index in [4.69, 9.17) is 40.5 Å². The molecular weight excluding hydrogens is 395 g/mol. The minimum absolute atomic E-state index is 0.614. The molecule has 0 fully saturated rings. The van der Waals surface area contributed by atoms with Crippen LogP contribution in [0.5, 0.6) is 0 Å². The van der Waals surface area contributed by atoms with E-state index in [1.807, 2.05) is 46.6 Å². The van der Waals surface area contributed by atoms with Crippen LogP contribution in [0.1, 0.15) is 11.8 Å². The average Bonchev–Trinajstić information content (AvgIpc) is 3.13. The molecule has 3 rings (SSSR count). The highest BCUT2D eigenvalue weighted by Gasteiger charge is 2.15. The second-order valence-corrected chi connectivity index (χ2v) is 8.21. The minimum Gasteiger partial charge on any atom is -0.303 e. The smallest absolute Gasteiger partial charge is 0.199 e. The van der Waals surface area contributed by atoms with Crippen molar-refractivity contribution in [2.24, 2.45) is 7.05 Å². The van der Waals surface area contributed by atoms with E-state index in [-0.39, 0.29) is 0 Å². The first-order chi connectivity index (χ1) is 12.0. The van der Waals surface area contributed by atoms with Crippen LogP contribution in [0.15, 0.2) is 36.4 Å². The molecule has 0 bridgehead atoms. The first kappa shape index (κ1) is 18.6. The molecule has 0 unspecified atom stereocenters. The van der Waals surface area contributed by atoms with Crippen LogP contribution in [0.2, 0.25) is 9.36 Å². The SMILES string of the molecule is CCN(Cc1ccc(Cl)s1)Cn1nc(-c2ccccc2Cl)n(C)c1=S. The van der Waals surface area contributed by atoms with Crippen molar-refractivity contribution in [1.29, 1.82) is 0 Å². The molecule has 2 aromatic heterocycles. The lowest BCUT2D eigenvalue weighted by Crippen LogP contribution is -2.26. The van der Waals surface area contributed by atoms with Crippen LogP contribution >= 0.6 is 46.8 Å². The Hall–Kier alpha value is -1.18. The van der Waals surface area contributed by atoms with Gasteiger partial charge in [0.25, 0.3) is 0 Å². The Labute approximate surface area is 166 Å². The zero-order valence-electron chi connectivity index (χ0n) is 13.9. The zero-order chi connectivity index (χ0) is 18.0. The normalized spacial score (nSPS) is 11.4. The van der Waals surface area contributed by atoms with Gasteiger partial charge in [0.1, 0.15) is 0 Å². The quantitative estimate of drug-likeness (QED) is 0.502. The Morgan fingerprint density at radius 2 is 1.96 bits per heavy atom. The molecule has 25 heavy (non-hydrogen) atoms. The molecule has 0 saturated heterocycles. The Morgan fingerprint density at radius 1 is 1.20 bits per heavy atom. The predicted octanol–water partition coefficient (Wildman–Crippen LogP) is 5.47. The maximum atomic E-state index is 6.32.